The maximum Gasteiger partial charge on any atom is 0.251 e. The molecule has 9 heteroatoms. The Hall–Kier alpha value is -3.55. The molecule has 0 fully saturated rings. The average molecular weight is 452 g/mol. The van der Waals surface area contributed by atoms with E-state index in [0.29, 0.717) is 36.2 Å². The second-order valence-corrected chi connectivity index (χ2v) is 7.32. The molecule has 0 saturated heterocycles. The summed E-state index contributed by atoms with van der Waals surface area (Å²) in [7, 11) is 0. The van der Waals surface area contributed by atoms with Crippen molar-refractivity contribution in [2.75, 3.05) is 25.0 Å². The second-order valence-electron chi connectivity index (χ2n) is 7.32. The van der Waals surface area contributed by atoms with E-state index in [9.17, 15) is 14.4 Å². The molecular weight excluding hydrogens is 422 g/mol. The number of amides is 2. The molecule has 0 aromatic heterocycles. The van der Waals surface area contributed by atoms with E-state index in [1.165, 1.54) is 0 Å². The minimum Gasteiger partial charge on any atom is -0.388 e. The monoisotopic (exact) mass is 451 g/mol. The molecule has 0 aliphatic rings. The van der Waals surface area contributed by atoms with Gasteiger partial charge in [0.15, 0.2) is 5.78 Å². The van der Waals surface area contributed by atoms with Crippen LogP contribution in [-0.4, -0.2) is 54.5 Å². The van der Waals surface area contributed by atoms with Crippen molar-refractivity contribution < 1.29 is 19.5 Å². The van der Waals surface area contributed by atoms with Gasteiger partial charge in [-0.1, -0.05) is 11.8 Å². The Morgan fingerprint density at radius 1 is 0.939 bits per heavy atom. The number of Topliss-reactive ketones (excluding diaryl/α,β-unsaturated/α-hetero) is 1. The zero-order chi connectivity index (χ0) is 24.2. The van der Waals surface area contributed by atoms with Gasteiger partial charge in [-0.15, -0.1) is 0 Å². The van der Waals surface area contributed by atoms with E-state index >= 15 is 0 Å². The number of aliphatic hydroxyl groups excluding tert-OH is 1. The maximum absolute atomic E-state index is 12.2. The largest absolute Gasteiger partial charge is 0.388 e. The van der Waals surface area contributed by atoms with Crippen LogP contribution in [0, 0.1) is 11.8 Å². The first kappa shape index (κ1) is 25.7. The lowest BCUT2D eigenvalue weighted by Crippen LogP contribution is -2.46. The van der Waals surface area contributed by atoms with Gasteiger partial charge in [-0.2, -0.15) is 0 Å². The Labute approximate surface area is 192 Å². The summed E-state index contributed by atoms with van der Waals surface area (Å²) in [6.07, 6.45) is 1.22. The van der Waals surface area contributed by atoms with Crippen molar-refractivity contribution in [2.45, 2.75) is 24.9 Å². The van der Waals surface area contributed by atoms with Gasteiger partial charge in [-0.25, -0.2) is 0 Å². The third-order valence-electron chi connectivity index (χ3n) is 4.79. The molecule has 0 aliphatic heterocycles. The van der Waals surface area contributed by atoms with Gasteiger partial charge in [-0.05, 0) is 67.9 Å². The minimum atomic E-state index is -0.934. The van der Waals surface area contributed by atoms with Gasteiger partial charge in [0, 0.05) is 28.9 Å². The number of hydrogen-bond acceptors (Lipinski definition) is 7. The van der Waals surface area contributed by atoms with Gasteiger partial charge in [0.05, 0.1) is 6.04 Å². The van der Waals surface area contributed by atoms with Gasteiger partial charge in [0.1, 0.15) is 12.6 Å². The molecule has 0 aliphatic carbocycles. The van der Waals surface area contributed by atoms with Crippen LogP contribution >= 0.6 is 0 Å². The van der Waals surface area contributed by atoms with Gasteiger partial charge in [0.2, 0.25) is 5.91 Å². The van der Waals surface area contributed by atoms with Crippen molar-refractivity contribution in [3.8, 4) is 11.8 Å². The molecule has 0 saturated carbocycles. The molecular formula is C24H29N5O4. The smallest absolute Gasteiger partial charge is 0.251 e. The number of hydrogen-bond donors (Lipinski definition) is 6. The lowest BCUT2D eigenvalue weighted by molar-refractivity contribution is -0.123. The van der Waals surface area contributed by atoms with E-state index in [-0.39, 0.29) is 12.5 Å². The minimum absolute atomic E-state index is 0.0990. The Balaban J connectivity index is 1.96. The number of carbonyl (C=O) groups is 3. The quantitative estimate of drug-likeness (QED) is 0.269. The Morgan fingerprint density at radius 3 is 2.03 bits per heavy atom. The van der Waals surface area contributed by atoms with Crippen molar-refractivity contribution in [1.82, 2.24) is 5.32 Å². The molecule has 0 spiro atoms. The number of ketones is 1. The van der Waals surface area contributed by atoms with Crippen molar-refractivity contribution in [3.63, 3.8) is 0 Å². The highest BCUT2D eigenvalue weighted by molar-refractivity contribution is 5.98. The van der Waals surface area contributed by atoms with Crippen molar-refractivity contribution >= 4 is 23.3 Å². The molecule has 9 nitrogen and oxygen atoms in total. The summed E-state index contributed by atoms with van der Waals surface area (Å²) < 4.78 is 0. The van der Waals surface area contributed by atoms with Crippen LogP contribution in [0.3, 0.4) is 0 Å². The molecule has 2 amide bonds. The summed E-state index contributed by atoms with van der Waals surface area (Å²) in [6, 6.07) is 12.0. The van der Waals surface area contributed by atoms with Crippen LogP contribution in [0.4, 0.5) is 5.69 Å². The Morgan fingerprint density at radius 2 is 1.52 bits per heavy atom. The highest BCUT2D eigenvalue weighted by Gasteiger charge is 2.18. The first-order valence-corrected chi connectivity index (χ1v) is 10.5. The molecule has 0 heterocycles. The lowest BCUT2D eigenvalue weighted by atomic mass is 10.1. The molecule has 2 aromatic rings. The summed E-state index contributed by atoms with van der Waals surface area (Å²) >= 11 is 0. The van der Waals surface area contributed by atoms with Crippen LogP contribution in [-0.2, 0) is 9.59 Å². The molecule has 2 aromatic carbocycles. The number of nitrogens with one attached hydrogen (secondary N) is 2. The van der Waals surface area contributed by atoms with Crippen molar-refractivity contribution in [1.29, 1.82) is 0 Å². The molecule has 2 rings (SSSR count). The number of nitrogens with two attached hydrogens (primary N) is 3. The first-order chi connectivity index (χ1) is 15.9. The fourth-order valence-corrected chi connectivity index (χ4v) is 2.81. The van der Waals surface area contributed by atoms with Crippen LogP contribution in [0.1, 0.15) is 34.3 Å². The van der Waals surface area contributed by atoms with Gasteiger partial charge < -0.3 is 32.9 Å². The molecule has 0 radical (unpaired) electrons. The van der Waals surface area contributed by atoms with Crippen molar-refractivity contribution in [2.24, 2.45) is 17.2 Å². The third kappa shape index (κ3) is 8.14. The number of carbonyl (C=O) groups excluding carboxylic acids is 3. The summed E-state index contributed by atoms with van der Waals surface area (Å²) in [4.78, 5) is 35.8. The van der Waals surface area contributed by atoms with Crippen LogP contribution in [0.15, 0.2) is 48.5 Å². The molecule has 0 bridgehead atoms. The standard InChI is InChI=1S/C24H29N5O4/c25-13-1-2-20(27)24(33)28-19-11-7-17(8-12-19)4-3-16-5-9-18(10-6-16)23(32)29-21(14-26)22(31)15-30/h5-12,20-21,30H,1-2,13-15,25-27H2,(H,28,33)(H,29,32)/t20-,21-/m0/s1. The van der Waals surface area contributed by atoms with E-state index in [1.54, 1.807) is 48.5 Å². The molecule has 0 unspecified atom stereocenters. The van der Waals surface area contributed by atoms with E-state index in [2.05, 4.69) is 22.5 Å². The zero-order valence-corrected chi connectivity index (χ0v) is 18.2. The topological polar surface area (TPSA) is 174 Å². The normalized spacial score (nSPS) is 12.1. The van der Waals surface area contributed by atoms with E-state index in [0.717, 1.165) is 5.56 Å². The number of rotatable bonds is 10. The first-order valence-electron chi connectivity index (χ1n) is 10.5. The second kappa shape index (κ2) is 13.1. The average Bonchev–Trinajstić information content (AvgIpc) is 2.84. The number of anilines is 1. The van der Waals surface area contributed by atoms with E-state index in [1.807, 2.05) is 0 Å². The molecule has 33 heavy (non-hydrogen) atoms. The van der Waals surface area contributed by atoms with E-state index < -0.39 is 30.4 Å². The Bertz CT molecular complexity index is 1010. The van der Waals surface area contributed by atoms with Crippen LogP contribution in [0.5, 0.6) is 0 Å². The van der Waals surface area contributed by atoms with Gasteiger partial charge in [-0.3, -0.25) is 14.4 Å². The van der Waals surface area contributed by atoms with Crippen LogP contribution < -0.4 is 27.8 Å². The number of benzene rings is 2. The SMILES string of the molecule is NCCC[C@H](N)C(=O)Nc1ccc(C#Cc2ccc(C(=O)N[C@@H](CN)C(=O)CO)cc2)cc1. The highest BCUT2D eigenvalue weighted by atomic mass is 16.3. The lowest BCUT2D eigenvalue weighted by Gasteiger charge is -2.14. The predicted octanol–water partition coefficient (Wildman–Crippen LogP) is -0.290. The Kier molecular flexibility index (Phi) is 10.2. The van der Waals surface area contributed by atoms with Gasteiger partial charge >= 0.3 is 0 Å². The fraction of sp³-hybridized carbons (Fsp3) is 0.292. The number of aliphatic hydroxyl groups is 1. The van der Waals surface area contributed by atoms with Crippen molar-refractivity contribution in [3.05, 3.63) is 65.2 Å². The van der Waals surface area contributed by atoms with Crippen LogP contribution in [0.25, 0.3) is 0 Å². The summed E-state index contributed by atoms with van der Waals surface area (Å²) in [5.74, 6) is 4.74. The molecule has 2 atom stereocenters. The molecule has 174 valence electrons. The maximum atomic E-state index is 12.2. The predicted molar refractivity (Wildman–Crippen MR) is 126 cm³/mol. The fourth-order valence-electron chi connectivity index (χ4n) is 2.81. The summed E-state index contributed by atoms with van der Waals surface area (Å²) in [5.41, 5.74) is 19.1. The highest BCUT2D eigenvalue weighted by Crippen LogP contribution is 2.10. The molecule has 9 N–H and O–H groups in total. The van der Waals surface area contributed by atoms with E-state index in [4.69, 9.17) is 22.3 Å². The van der Waals surface area contributed by atoms with Crippen LogP contribution in [0.2, 0.25) is 0 Å². The van der Waals surface area contributed by atoms with Gasteiger partial charge in [0.25, 0.3) is 5.91 Å². The summed E-state index contributed by atoms with van der Waals surface area (Å²) in [6.45, 7) is -0.296. The summed E-state index contributed by atoms with van der Waals surface area (Å²) in [5, 5.41) is 14.2. The zero-order valence-electron chi connectivity index (χ0n) is 18.2. The third-order valence-corrected chi connectivity index (χ3v) is 4.79.